The molecule has 2 aromatic rings. The zero-order valence-corrected chi connectivity index (χ0v) is 18.0. The molecule has 2 aromatic heterocycles. The molecule has 2 aliphatic heterocycles. The van der Waals surface area contributed by atoms with Crippen molar-refractivity contribution < 1.29 is 14.0 Å². The molecule has 1 atom stereocenters. The fourth-order valence-electron chi connectivity index (χ4n) is 4.36. The molecular formula is C21H28N6O3. The summed E-state index contributed by atoms with van der Waals surface area (Å²) >= 11 is 0. The molecular weight excluding hydrogens is 384 g/mol. The SMILES string of the molecule is CNc1nc(C2CCCN(C(C)=O)C2)nc2c1CCN(C(=O)c1oc(C)nc1C)C2. The maximum atomic E-state index is 13.0. The summed E-state index contributed by atoms with van der Waals surface area (Å²) in [7, 11) is 1.85. The molecule has 0 saturated carbocycles. The van der Waals surface area contributed by atoms with Crippen LogP contribution in [0.15, 0.2) is 4.42 Å². The second-order valence-corrected chi connectivity index (χ2v) is 8.03. The number of fused-ring (bicyclic) bond motifs is 1. The van der Waals surface area contributed by atoms with E-state index < -0.39 is 0 Å². The van der Waals surface area contributed by atoms with E-state index in [0.29, 0.717) is 43.4 Å². The molecule has 0 aliphatic carbocycles. The van der Waals surface area contributed by atoms with Gasteiger partial charge in [0.05, 0.1) is 17.9 Å². The molecule has 4 rings (SSSR count). The molecule has 0 aromatic carbocycles. The topological polar surface area (TPSA) is 104 Å². The molecule has 2 aliphatic rings. The molecule has 9 heteroatoms. The number of hydrogen-bond acceptors (Lipinski definition) is 7. The van der Waals surface area contributed by atoms with Crippen molar-refractivity contribution in [1.29, 1.82) is 0 Å². The number of carbonyl (C=O) groups excluding carboxylic acids is 2. The Bertz CT molecular complexity index is 985. The molecule has 0 spiro atoms. The minimum absolute atomic E-state index is 0.0843. The molecule has 4 heterocycles. The quantitative estimate of drug-likeness (QED) is 0.823. The maximum absolute atomic E-state index is 13.0. The Kier molecular flexibility index (Phi) is 5.44. The van der Waals surface area contributed by atoms with Crippen LogP contribution in [0.2, 0.25) is 0 Å². The minimum atomic E-state index is -0.162. The summed E-state index contributed by atoms with van der Waals surface area (Å²) in [6.45, 7) is 7.52. The molecule has 0 bridgehead atoms. The molecule has 30 heavy (non-hydrogen) atoms. The van der Waals surface area contributed by atoms with Crippen molar-refractivity contribution in [2.75, 3.05) is 32.0 Å². The lowest BCUT2D eigenvalue weighted by Crippen LogP contribution is -2.39. The van der Waals surface area contributed by atoms with Crippen LogP contribution in [0.1, 0.15) is 64.9 Å². The molecule has 2 amide bonds. The number of hydrogen-bond donors (Lipinski definition) is 1. The van der Waals surface area contributed by atoms with Gasteiger partial charge in [-0.1, -0.05) is 0 Å². The number of likely N-dealkylation sites (tertiary alicyclic amines) is 1. The van der Waals surface area contributed by atoms with Gasteiger partial charge in [0, 0.05) is 52.0 Å². The predicted molar refractivity (Wildman–Crippen MR) is 110 cm³/mol. The summed E-state index contributed by atoms with van der Waals surface area (Å²) in [5.74, 6) is 2.36. The van der Waals surface area contributed by atoms with Gasteiger partial charge >= 0.3 is 0 Å². The van der Waals surface area contributed by atoms with Crippen molar-refractivity contribution in [2.24, 2.45) is 0 Å². The molecule has 1 unspecified atom stereocenters. The Balaban J connectivity index is 1.61. The van der Waals surface area contributed by atoms with Gasteiger partial charge in [0.25, 0.3) is 5.91 Å². The first-order valence-electron chi connectivity index (χ1n) is 10.4. The predicted octanol–water partition coefficient (Wildman–Crippen LogP) is 2.05. The fourth-order valence-corrected chi connectivity index (χ4v) is 4.36. The summed E-state index contributed by atoms with van der Waals surface area (Å²) in [6, 6.07) is 0. The highest BCUT2D eigenvalue weighted by atomic mass is 16.4. The number of nitrogens with one attached hydrogen (secondary N) is 1. The Labute approximate surface area is 175 Å². The van der Waals surface area contributed by atoms with Gasteiger partial charge in [-0.3, -0.25) is 9.59 Å². The summed E-state index contributed by atoms with van der Waals surface area (Å²) < 4.78 is 5.53. The van der Waals surface area contributed by atoms with E-state index in [9.17, 15) is 9.59 Å². The number of aromatic nitrogens is 3. The second-order valence-electron chi connectivity index (χ2n) is 8.03. The normalized spacial score (nSPS) is 18.9. The van der Waals surface area contributed by atoms with E-state index >= 15 is 0 Å². The largest absolute Gasteiger partial charge is 0.436 e. The zero-order valence-electron chi connectivity index (χ0n) is 18.0. The van der Waals surface area contributed by atoms with Gasteiger partial charge in [-0.25, -0.2) is 15.0 Å². The van der Waals surface area contributed by atoms with Crippen LogP contribution in [-0.2, 0) is 17.8 Å². The number of amides is 2. The van der Waals surface area contributed by atoms with Crippen LogP contribution in [0.4, 0.5) is 5.82 Å². The van der Waals surface area contributed by atoms with Crippen LogP contribution in [0.25, 0.3) is 0 Å². The smallest absolute Gasteiger partial charge is 0.291 e. The lowest BCUT2D eigenvalue weighted by Gasteiger charge is -2.33. The summed E-state index contributed by atoms with van der Waals surface area (Å²) in [4.78, 5) is 42.3. The third-order valence-corrected chi connectivity index (χ3v) is 5.94. The van der Waals surface area contributed by atoms with Crippen LogP contribution in [0, 0.1) is 13.8 Å². The Morgan fingerprint density at radius 3 is 2.60 bits per heavy atom. The number of anilines is 1. The average Bonchev–Trinajstić information content (AvgIpc) is 3.09. The third kappa shape index (κ3) is 3.76. The number of oxazole rings is 1. The summed E-state index contributed by atoms with van der Waals surface area (Å²) in [5, 5.41) is 3.19. The van der Waals surface area contributed by atoms with Crippen LogP contribution in [-0.4, -0.2) is 63.2 Å². The van der Waals surface area contributed by atoms with Crippen LogP contribution in [0.3, 0.4) is 0 Å². The van der Waals surface area contributed by atoms with Crippen molar-refractivity contribution in [3.8, 4) is 0 Å². The van der Waals surface area contributed by atoms with Crippen LogP contribution < -0.4 is 5.32 Å². The van der Waals surface area contributed by atoms with Crippen LogP contribution >= 0.6 is 0 Å². The van der Waals surface area contributed by atoms with Gasteiger partial charge in [-0.2, -0.15) is 0 Å². The van der Waals surface area contributed by atoms with Gasteiger partial charge < -0.3 is 19.5 Å². The van der Waals surface area contributed by atoms with Crippen molar-refractivity contribution >= 4 is 17.6 Å². The van der Waals surface area contributed by atoms with Gasteiger partial charge in [0.15, 0.2) is 5.89 Å². The van der Waals surface area contributed by atoms with Gasteiger partial charge in [-0.05, 0) is 26.2 Å². The van der Waals surface area contributed by atoms with E-state index in [2.05, 4.69) is 10.3 Å². The van der Waals surface area contributed by atoms with E-state index in [1.807, 2.05) is 11.9 Å². The van der Waals surface area contributed by atoms with E-state index in [0.717, 1.165) is 42.3 Å². The highest BCUT2D eigenvalue weighted by Gasteiger charge is 2.31. The fraction of sp³-hybridized carbons (Fsp3) is 0.571. The van der Waals surface area contributed by atoms with Gasteiger partial charge in [-0.15, -0.1) is 0 Å². The summed E-state index contributed by atoms with van der Waals surface area (Å²) in [5.41, 5.74) is 2.52. The Morgan fingerprint density at radius 1 is 1.13 bits per heavy atom. The Morgan fingerprint density at radius 2 is 1.93 bits per heavy atom. The summed E-state index contributed by atoms with van der Waals surface area (Å²) in [6.07, 6.45) is 2.56. The van der Waals surface area contributed by atoms with Gasteiger partial charge in [0.2, 0.25) is 11.7 Å². The highest BCUT2D eigenvalue weighted by Crippen LogP contribution is 2.30. The number of nitrogens with zero attached hydrogens (tertiary/aromatic N) is 5. The zero-order chi connectivity index (χ0) is 21.4. The number of piperidine rings is 1. The highest BCUT2D eigenvalue weighted by molar-refractivity contribution is 5.92. The van der Waals surface area contributed by atoms with Crippen molar-refractivity contribution in [3.63, 3.8) is 0 Å². The number of aryl methyl sites for hydroxylation is 2. The first kappa shape index (κ1) is 20.3. The second kappa shape index (κ2) is 8.04. The number of carbonyl (C=O) groups is 2. The maximum Gasteiger partial charge on any atom is 0.291 e. The standard InChI is InChI=1S/C21H28N6O3/c1-12-18(30-13(2)23-12)21(29)27-9-7-16-17(11-27)24-19(25-20(16)22-4)15-6-5-8-26(10-15)14(3)28/h15H,5-11H2,1-4H3,(H,22,24,25). The first-order valence-corrected chi connectivity index (χ1v) is 10.4. The van der Waals surface area contributed by atoms with E-state index in [-0.39, 0.29) is 17.7 Å². The number of rotatable bonds is 3. The van der Waals surface area contributed by atoms with Crippen molar-refractivity contribution in [1.82, 2.24) is 24.8 Å². The van der Waals surface area contributed by atoms with Crippen molar-refractivity contribution in [3.05, 3.63) is 34.4 Å². The van der Waals surface area contributed by atoms with Crippen molar-refractivity contribution in [2.45, 2.75) is 52.5 Å². The third-order valence-electron chi connectivity index (χ3n) is 5.94. The minimum Gasteiger partial charge on any atom is -0.436 e. The first-order chi connectivity index (χ1) is 14.4. The lowest BCUT2D eigenvalue weighted by molar-refractivity contribution is -0.130. The van der Waals surface area contributed by atoms with Crippen LogP contribution in [0.5, 0.6) is 0 Å². The Hall–Kier alpha value is -2.97. The van der Waals surface area contributed by atoms with E-state index in [4.69, 9.17) is 14.4 Å². The molecule has 1 saturated heterocycles. The molecule has 0 radical (unpaired) electrons. The molecule has 160 valence electrons. The van der Waals surface area contributed by atoms with E-state index in [1.54, 1.807) is 25.7 Å². The van der Waals surface area contributed by atoms with Gasteiger partial charge in [0.1, 0.15) is 11.6 Å². The monoisotopic (exact) mass is 412 g/mol. The molecule has 1 N–H and O–H groups in total. The average molecular weight is 412 g/mol. The lowest BCUT2D eigenvalue weighted by atomic mass is 9.96. The van der Waals surface area contributed by atoms with E-state index in [1.165, 1.54) is 0 Å². The molecule has 1 fully saturated rings. The molecule has 9 nitrogen and oxygen atoms in total.